The normalized spacial score (nSPS) is 20.1. The van der Waals surface area contributed by atoms with Gasteiger partial charge in [-0.3, -0.25) is 9.59 Å². The van der Waals surface area contributed by atoms with Crippen LogP contribution in [-0.2, 0) is 4.79 Å². The predicted octanol–water partition coefficient (Wildman–Crippen LogP) is 1.41. The molecule has 1 aliphatic rings. The Morgan fingerprint density at radius 1 is 1.53 bits per heavy atom. The summed E-state index contributed by atoms with van der Waals surface area (Å²) in [5, 5.41) is 6.82. The predicted molar refractivity (Wildman–Crippen MR) is 62.7 cm³/mol. The molecule has 0 saturated carbocycles. The zero-order chi connectivity index (χ0) is 11.2. The van der Waals surface area contributed by atoms with Crippen LogP contribution in [0.5, 0.6) is 0 Å². The lowest BCUT2D eigenvalue weighted by Gasteiger charge is -2.20. The van der Waals surface area contributed by atoms with Crippen molar-refractivity contribution in [3.8, 4) is 0 Å². The molecule has 5 nitrogen and oxygen atoms in total. The van der Waals surface area contributed by atoms with E-state index in [1.165, 1.54) is 4.68 Å². The maximum absolute atomic E-state index is 11.9. The Hall–Kier alpha value is -0.920. The van der Waals surface area contributed by atoms with E-state index in [0.29, 0.717) is 12.2 Å². The van der Waals surface area contributed by atoms with Gasteiger partial charge in [0.05, 0.1) is 9.26 Å². The Bertz CT molecular complexity index is 452. The number of anilines is 1. The number of nitrogens with one attached hydrogen (secondary N) is 1. The molecule has 0 aromatic carbocycles. The van der Waals surface area contributed by atoms with Gasteiger partial charge in [0.2, 0.25) is 5.91 Å². The van der Waals surface area contributed by atoms with Crippen molar-refractivity contribution >= 4 is 40.2 Å². The Balaban J connectivity index is 2.55. The highest BCUT2D eigenvalue weighted by atomic mass is 127. The van der Waals surface area contributed by atoms with Crippen molar-refractivity contribution in [3.63, 3.8) is 0 Å². The molecular weight excluding hydrogens is 309 g/mol. The molecule has 6 heteroatoms. The SMILES string of the molecule is CCC1C(=O)Nc2c(I)c(C)nn2C1=O. The van der Waals surface area contributed by atoms with Crippen molar-refractivity contribution < 1.29 is 9.59 Å². The molecule has 0 bridgehead atoms. The Labute approximate surface area is 100 Å². The largest absolute Gasteiger partial charge is 0.309 e. The number of nitrogens with zero attached hydrogens (tertiary/aromatic N) is 2. The monoisotopic (exact) mass is 319 g/mol. The molecule has 15 heavy (non-hydrogen) atoms. The number of fused-ring (bicyclic) bond motifs is 1. The van der Waals surface area contributed by atoms with Crippen LogP contribution in [0.2, 0.25) is 0 Å². The molecule has 1 unspecified atom stereocenters. The Morgan fingerprint density at radius 3 is 2.80 bits per heavy atom. The summed E-state index contributed by atoms with van der Waals surface area (Å²) in [4.78, 5) is 23.4. The first-order valence-corrected chi connectivity index (χ1v) is 5.74. The maximum atomic E-state index is 11.9. The maximum Gasteiger partial charge on any atom is 0.261 e. The molecule has 1 aromatic rings. The van der Waals surface area contributed by atoms with Gasteiger partial charge in [0.25, 0.3) is 5.91 Å². The summed E-state index contributed by atoms with van der Waals surface area (Å²) in [6.45, 7) is 3.63. The molecule has 1 atom stereocenters. The van der Waals surface area contributed by atoms with Crippen molar-refractivity contribution in [2.45, 2.75) is 20.3 Å². The first-order valence-electron chi connectivity index (χ1n) is 4.66. The smallest absolute Gasteiger partial charge is 0.261 e. The van der Waals surface area contributed by atoms with Crippen LogP contribution >= 0.6 is 22.6 Å². The van der Waals surface area contributed by atoms with Crippen LogP contribution in [0.1, 0.15) is 23.8 Å². The van der Waals surface area contributed by atoms with Crippen LogP contribution in [0.3, 0.4) is 0 Å². The highest BCUT2D eigenvalue weighted by Gasteiger charge is 2.35. The van der Waals surface area contributed by atoms with Crippen LogP contribution in [-0.4, -0.2) is 21.6 Å². The zero-order valence-electron chi connectivity index (χ0n) is 8.37. The summed E-state index contributed by atoms with van der Waals surface area (Å²) in [5.74, 6) is -0.560. The summed E-state index contributed by atoms with van der Waals surface area (Å²) in [6.07, 6.45) is 0.500. The van der Waals surface area contributed by atoms with E-state index in [1.807, 2.05) is 13.8 Å². The van der Waals surface area contributed by atoms with E-state index >= 15 is 0 Å². The van der Waals surface area contributed by atoms with Gasteiger partial charge in [-0.2, -0.15) is 9.78 Å². The molecule has 1 aromatic heterocycles. The van der Waals surface area contributed by atoms with Crippen molar-refractivity contribution in [2.75, 3.05) is 5.32 Å². The average Bonchev–Trinajstić information content (AvgIpc) is 2.46. The quantitative estimate of drug-likeness (QED) is 0.629. The molecule has 80 valence electrons. The van der Waals surface area contributed by atoms with E-state index < -0.39 is 5.92 Å². The lowest BCUT2D eigenvalue weighted by molar-refractivity contribution is -0.119. The number of halogens is 1. The van der Waals surface area contributed by atoms with Crippen LogP contribution < -0.4 is 5.32 Å². The van der Waals surface area contributed by atoms with Gasteiger partial charge in [-0.1, -0.05) is 6.92 Å². The van der Waals surface area contributed by atoms with Crippen molar-refractivity contribution in [3.05, 3.63) is 9.26 Å². The lowest BCUT2D eigenvalue weighted by atomic mass is 10.0. The van der Waals surface area contributed by atoms with Crippen LogP contribution in [0.4, 0.5) is 5.82 Å². The summed E-state index contributed by atoms with van der Waals surface area (Å²) in [6, 6.07) is 0. The third-order valence-corrected chi connectivity index (χ3v) is 3.75. The van der Waals surface area contributed by atoms with Crippen molar-refractivity contribution in [2.24, 2.45) is 5.92 Å². The van der Waals surface area contributed by atoms with Gasteiger partial charge in [0.15, 0.2) is 5.82 Å². The molecule has 2 rings (SSSR count). The molecule has 0 aliphatic carbocycles. The van der Waals surface area contributed by atoms with Gasteiger partial charge in [-0.05, 0) is 35.9 Å². The average molecular weight is 319 g/mol. The third-order valence-electron chi connectivity index (χ3n) is 2.46. The van der Waals surface area contributed by atoms with Crippen LogP contribution in [0.25, 0.3) is 0 Å². The van der Waals surface area contributed by atoms with E-state index in [1.54, 1.807) is 0 Å². The minimum absolute atomic E-state index is 0.229. The number of aromatic nitrogens is 2. The van der Waals surface area contributed by atoms with Gasteiger partial charge in [0.1, 0.15) is 5.92 Å². The molecule has 0 fully saturated rings. The Morgan fingerprint density at radius 2 is 2.20 bits per heavy atom. The number of rotatable bonds is 1. The second-order valence-electron chi connectivity index (χ2n) is 3.45. The molecule has 0 saturated heterocycles. The highest BCUT2D eigenvalue weighted by molar-refractivity contribution is 14.1. The number of hydrogen-bond acceptors (Lipinski definition) is 3. The fraction of sp³-hybridized carbons (Fsp3) is 0.444. The minimum atomic E-state index is -0.604. The van der Waals surface area contributed by atoms with Crippen LogP contribution in [0, 0.1) is 16.4 Å². The number of amides is 1. The molecule has 0 spiro atoms. The van der Waals surface area contributed by atoms with E-state index in [9.17, 15) is 9.59 Å². The number of carbonyl (C=O) groups excluding carboxylic acids is 2. The first kappa shape index (κ1) is 10.6. The fourth-order valence-electron chi connectivity index (χ4n) is 1.60. The molecule has 2 heterocycles. The van der Waals surface area contributed by atoms with Gasteiger partial charge in [0, 0.05) is 0 Å². The molecule has 1 N–H and O–H groups in total. The Kier molecular flexibility index (Phi) is 2.53. The summed E-state index contributed by atoms with van der Waals surface area (Å²) in [5.41, 5.74) is 0.760. The fourth-order valence-corrected chi connectivity index (χ4v) is 2.07. The zero-order valence-corrected chi connectivity index (χ0v) is 10.5. The standard InChI is InChI=1S/C9H10IN3O2/c1-3-5-8(14)11-7-6(10)4(2)12-13(7)9(5)15/h5H,3H2,1-2H3,(H,11,14). The van der Waals surface area contributed by atoms with Crippen molar-refractivity contribution in [1.82, 2.24) is 9.78 Å². The van der Waals surface area contributed by atoms with Gasteiger partial charge >= 0.3 is 0 Å². The summed E-state index contributed by atoms with van der Waals surface area (Å²) in [7, 11) is 0. The number of hydrogen-bond donors (Lipinski definition) is 1. The van der Waals surface area contributed by atoms with Gasteiger partial charge in [-0.15, -0.1) is 0 Å². The second kappa shape index (κ2) is 3.58. The summed E-state index contributed by atoms with van der Waals surface area (Å²) >= 11 is 2.07. The van der Waals surface area contributed by atoms with E-state index in [0.717, 1.165) is 9.26 Å². The van der Waals surface area contributed by atoms with E-state index in [-0.39, 0.29) is 11.8 Å². The second-order valence-corrected chi connectivity index (χ2v) is 4.53. The topological polar surface area (TPSA) is 64.0 Å². The van der Waals surface area contributed by atoms with E-state index in [2.05, 4.69) is 33.0 Å². The van der Waals surface area contributed by atoms with Crippen molar-refractivity contribution in [1.29, 1.82) is 0 Å². The highest BCUT2D eigenvalue weighted by Crippen LogP contribution is 2.27. The minimum Gasteiger partial charge on any atom is -0.309 e. The molecule has 0 radical (unpaired) electrons. The number of carbonyl (C=O) groups is 2. The molecule has 1 amide bonds. The number of aryl methyl sites for hydroxylation is 1. The summed E-state index contributed by atoms with van der Waals surface area (Å²) < 4.78 is 2.12. The third kappa shape index (κ3) is 1.47. The molecule has 1 aliphatic heterocycles. The first-order chi connectivity index (χ1) is 7.06. The van der Waals surface area contributed by atoms with E-state index in [4.69, 9.17) is 0 Å². The van der Waals surface area contributed by atoms with Crippen LogP contribution in [0.15, 0.2) is 0 Å². The molecular formula is C9H10IN3O2. The van der Waals surface area contributed by atoms with Gasteiger partial charge < -0.3 is 5.32 Å². The van der Waals surface area contributed by atoms with Gasteiger partial charge in [-0.25, -0.2) is 0 Å². The lowest BCUT2D eigenvalue weighted by Crippen LogP contribution is -2.39.